The van der Waals surface area contributed by atoms with Gasteiger partial charge in [0.15, 0.2) is 10.8 Å². The number of fused-ring (bicyclic) bond motifs is 1. The Kier molecular flexibility index (Phi) is 6.10. The maximum Gasteiger partial charge on any atom is 0.327 e. The van der Waals surface area contributed by atoms with Gasteiger partial charge in [-0.15, -0.1) is 23.1 Å². The number of aliphatic carboxylic acids is 1. The van der Waals surface area contributed by atoms with Crippen molar-refractivity contribution in [3.8, 4) is 0 Å². The van der Waals surface area contributed by atoms with Gasteiger partial charge in [-0.2, -0.15) is 0 Å². The summed E-state index contributed by atoms with van der Waals surface area (Å²) >= 11 is 2.54. The summed E-state index contributed by atoms with van der Waals surface area (Å²) in [6.45, 7) is 5.73. The van der Waals surface area contributed by atoms with Crippen molar-refractivity contribution in [3.05, 3.63) is 11.1 Å². The number of carboxylic acids is 1. The highest BCUT2D eigenvalue weighted by molar-refractivity contribution is 8.01. The number of nitrogens with one attached hydrogen (secondary N) is 1. The van der Waals surface area contributed by atoms with Crippen LogP contribution in [0.25, 0.3) is 0 Å². The molecule has 3 heterocycles. The van der Waals surface area contributed by atoms with E-state index in [1.807, 2.05) is 0 Å². The summed E-state index contributed by atoms with van der Waals surface area (Å²) in [5.74, 6) is -1.56. The number of β-lactam (4-membered cyclic amide) rings is 1. The van der Waals surface area contributed by atoms with E-state index in [2.05, 4.69) is 22.4 Å². The van der Waals surface area contributed by atoms with Gasteiger partial charge in [0, 0.05) is 10.1 Å². The minimum atomic E-state index is -1.06. The van der Waals surface area contributed by atoms with Crippen molar-refractivity contribution in [1.29, 1.82) is 0 Å². The van der Waals surface area contributed by atoms with Gasteiger partial charge in [-0.3, -0.25) is 9.59 Å². The molecule has 10 nitrogen and oxygen atoms in total. The fourth-order valence-corrected chi connectivity index (χ4v) is 6.73. The Bertz CT molecular complexity index is 964. The lowest BCUT2D eigenvalue weighted by Gasteiger charge is -2.43. The van der Waals surface area contributed by atoms with Gasteiger partial charge in [-0.1, -0.05) is 18.5 Å². The molecule has 1 aromatic heterocycles. The molecule has 4 N–H and O–H groups in total. The van der Waals surface area contributed by atoms with E-state index in [0.717, 1.165) is 25.7 Å². The van der Waals surface area contributed by atoms with Crippen molar-refractivity contribution in [3.63, 3.8) is 0 Å². The van der Waals surface area contributed by atoms with Crippen LogP contribution in [0.1, 0.15) is 52.1 Å². The molecule has 0 radical (unpaired) electrons. The molecule has 0 unspecified atom stereocenters. The number of carboxylic acid groups (broad SMARTS) is 1. The third kappa shape index (κ3) is 4.17. The monoisotopic (exact) mass is 481 g/mol. The number of anilines is 1. The molecule has 2 aliphatic heterocycles. The van der Waals surface area contributed by atoms with E-state index in [4.69, 9.17) is 10.6 Å². The molecule has 2 amide bonds. The Hall–Kier alpha value is -2.34. The SMILES string of the molecule is C[C@@H]1CCC[C@@H](ON=C(C(=O)N[C@H]2C(=O)N3[C@@H]2SC(C)(C)[C@@H]3C(=O)O)c2csc(N)n2)C1. The Morgan fingerprint density at radius 1 is 1.41 bits per heavy atom. The van der Waals surface area contributed by atoms with Crippen LogP contribution >= 0.6 is 23.1 Å². The van der Waals surface area contributed by atoms with E-state index in [1.54, 1.807) is 19.2 Å². The highest BCUT2D eigenvalue weighted by atomic mass is 32.2. The van der Waals surface area contributed by atoms with Crippen LogP contribution in [0.2, 0.25) is 0 Å². The van der Waals surface area contributed by atoms with Crippen LogP contribution in [0.15, 0.2) is 10.5 Å². The first-order valence-corrected chi connectivity index (χ1v) is 12.3. The van der Waals surface area contributed by atoms with Crippen molar-refractivity contribution < 1.29 is 24.3 Å². The largest absolute Gasteiger partial charge is 0.480 e. The van der Waals surface area contributed by atoms with Gasteiger partial charge in [-0.25, -0.2) is 9.78 Å². The second-order valence-electron chi connectivity index (χ2n) is 9.06. The zero-order valence-electron chi connectivity index (χ0n) is 18.1. The predicted molar refractivity (Wildman–Crippen MR) is 121 cm³/mol. The van der Waals surface area contributed by atoms with E-state index < -0.39 is 40.0 Å². The molecular formula is C20H27N5O5S2. The summed E-state index contributed by atoms with van der Waals surface area (Å²) in [4.78, 5) is 48.7. The number of aromatic nitrogens is 1. The highest BCUT2D eigenvalue weighted by Crippen LogP contribution is 2.50. The van der Waals surface area contributed by atoms with Gasteiger partial charge >= 0.3 is 5.97 Å². The number of nitrogens with two attached hydrogens (primary N) is 1. The molecule has 2 saturated heterocycles. The molecule has 1 aliphatic carbocycles. The maximum atomic E-state index is 13.1. The van der Waals surface area contributed by atoms with E-state index in [0.29, 0.717) is 5.92 Å². The number of hydrogen-bond donors (Lipinski definition) is 3. The number of hydrogen-bond acceptors (Lipinski definition) is 9. The lowest BCUT2D eigenvalue weighted by molar-refractivity contribution is -0.160. The van der Waals surface area contributed by atoms with Gasteiger partial charge in [0.2, 0.25) is 5.91 Å². The van der Waals surface area contributed by atoms with Crippen LogP contribution in [0.4, 0.5) is 5.13 Å². The first-order chi connectivity index (χ1) is 15.1. The number of thioether (sulfide) groups is 1. The smallest absolute Gasteiger partial charge is 0.327 e. The van der Waals surface area contributed by atoms with E-state index in [-0.39, 0.29) is 22.6 Å². The molecule has 0 aromatic carbocycles. The predicted octanol–water partition coefficient (Wildman–Crippen LogP) is 1.66. The maximum absolute atomic E-state index is 13.1. The standard InChI is InChI=1S/C20H27N5O5S2/c1-9-5-4-6-10(7-9)30-24-12(11-8-31-19(21)22-11)15(26)23-13-16(27)25-14(18(28)29)20(2,3)32-17(13)25/h8-10,13-14,17H,4-7H2,1-3H3,(H2,21,22)(H,23,26)(H,28,29)/t9-,10-,13+,14+,17-/m1/s1. The minimum absolute atomic E-state index is 0.0422. The van der Waals surface area contributed by atoms with Crippen LogP contribution in [0, 0.1) is 5.92 Å². The molecule has 1 aromatic rings. The first kappa shape index (κ1) is 22.8. The number of rotatable bonds is 6. The zero-order chi connectivity index (χ0) is 23.2. The number of thiazole rings is 1. The molecule has 12 heteroatoms. The summed E-state index contributed by atoms with van der Waals surface area (Å²) in [6.07, 6.45) is 3.83. The normalized spacial score (nSPS) is 31.6. The topological polar surface area (TPSA) is 147 Å². The Labute approximate surface area is 193 Å². The quantitative estimate of drug-likeness (QED) is 0.316. The van der Waals surface area contributed by atoms with Crippen LogP contribution in [-0.2, 0) is 19.2 Å². The molecule has 32 heavy (non-hydrogen) atoms. The average molecular weight is 482 g/mol. The molecule has 174 valence electrons. The number of oxime groups is 1. The third-order valence-electron chi connectivity index (χ3n) is 6.12. The van der Waals surface area contributed by atoms with E-state index >= 15 is 0 Å². The molecule has 3 fully saturated rings. The van der Waals surface area contributed by atoms with Crippen LogP contribution in [0.3, 0.4) is 0 Å². The molecule has 4 rings (SSSR count). The summed E-state index contributed by atoms with van der Waals surface area (Å²) in [5.41, 5.74) is 5.97. The summed E-state index contributed by atoms with van der Waals surface area (Å²) in [6, 6.07) is -1.78. The summed E-state index contributed by atoms with van der Waals surface area (Å²) in [7, 11) is 0. The zero-order valence-corrected chi connectivity index (χ0v) is 19.7. The van der Waals surface area contributed by atoms with Crippen molar-refractivity contribution in [2.45, 2.75) is 74.8 Å². The van der Waals surface area contributed by atoms with Gasteiger partial charge in [0.05, 0.1) is 0 Å². The van der Waals surface area contributed by atoms with Gasteiger partial charge in [0.1, 0.15) is 29.3 Å². The summed E-state index contributed by atoms with van der Waals surface area (Å²) in [5, 5.41) is 17.8. The van der Waals surface area contributed by atoms with Gasteiger partial charge < -0.3 is 25.9 Å². The molecular weight excluding hydrogens is 454 g/mol. The molecule has 5 atom stereocenters. The lowest BCUT2D eigenvalue weighted by atomic mass is 9.89. The van der Waals surface area contributed by atoms with Gasteiger partial charge in [0.25, 0.3) is 5.91 Å². The number of nitrogens with zero attached hydrogens (tertiary/aromatic N) is 3. The van der Waals surface area contributed by atoms with Crippen molar-refractivity contribution >= 4 is 51.7 Å². The minimum Gasteiger partial charge on any atom is -0.480 e. The number of carbonyl (C=O) groups excluding carboxylic acids is 2. The molecule has 1 saturated carbocycles. The fraction of sp³-hybridized carbons (Fsp3) is 0.650. The Morgan fingerprint density at radius 2 is 2.16 bits per heavy atom. The van der Waals surface area contributed by atoms with Crippen molar-refractivity contribution in [2.75, 3.05) is 5.73 Å². The Balaban J connectivity index is 1.50. The number of nitrogen functional groups attached to an aromatic ring is 1. The molecule has 0 bridgehead atoms. The van der Waals surface area contributed by atoms with Crippen LogP contribution in [-0.4, -0.2) is 66.8 Å². The van der Waals surface area contributed by atoms with Crippen molar-refractivity contribution in [2.24, 2.45) is 11.1 Å². The van der Waals surface area contributed by atoms with Crippen LogP contribution < -0.4 is 11.1 Å². The van der Waals surface area contributed by atoms with E-state index in [1.165, 1.54) is 28.0 Å². The first-order valence-electron chi connectivity index (χ1n) is 10.6. The molecule has 3 aliphatic rings. The van der Waals surface area contributed by atoms with Crippen molar-refractivity contribution in [1.82, 2.24) is 15.2 Å². The molecule has 0 spiro atoms. The van der Waals surface area contributed by atoms with Crippen LogP contribution in [0.5, 0.6) is 0 Å². The van der Waals surface area contributed by atoms with Gasteiger partial charge in [-0.05, 0) is 39.0 Å². The average Bonchev–Trinajstić information content (AvgIpc) is 3.25. The summed E-state index contributed by atoms with van der Waals surface area (Å²) < 4.78 is -0.674. The lowest BCUT2D eigenvalue weighted by Crippen LogP contribution is -2.71. The number of amides is 2. The second-order valence-corrected chi connectivity index (χ2v) is 11.7. The Morgan fingerprint density at radius 3 is 2.78 bits per heavy atom. The third-order valence-corrected chi connectivity index (χ3v) is 8.37. The highest BCUT2D eigenvalue weighted by Gasteiger charge is 2.64. The fourth-order valence-electron chi connectivity index (χ4n) is 4.56. The number of carbonyl (C=O) groups is 3. The van der Waals surface area contributed by atoms with E-state index in [9.17, 15) is 19.5 Å². The second kappa shape index (κ2) is 8.54.